The number of benzene rings is 3. The fourth-order valence-electron chi connectivity index (χ4n) is 4.31. The molecule has 240 valence electrons. The fourth-order valence-corrected chi connectivity index (χ4v) is 5.77. The summed E-state index contributed by atoms with van der Waals surface area (Å²) >= 11 is 6.00. The minimum atomic E-state index is -4.44. The Morgan fingerprint density at radius 2 is 1.80 bits per heavy atom. The van der Waals surface area contributed by atoms with Gasteiger partial charge in [-0.15, -0.1) is 0 Å². The minimum absolute atomic E-state index is 0.0938. The van der Waals surface area contributed by atoms with Crippen molar-refractivity contribution in [3.8, 4) is 17.2 Å². The van der Waals surface area contributed by atoms with Gasteiger partial charge in [0.1, 0.15) is 18.1 Å². The molecule has 0 atom stereocenters. The van der Waals surface area contributed by atoms with Crippen LogP contribution in [0, 0.1) is 13.8 Å². The Morgan fingerprint density at radius 1 is 1.07 bits per heavy atom. The normalized spacial score (nSPS) is 11.9. The fraction of sp³-hybridized carbons (Fsp3) is 0.290. The monoisotopic (exact) mass is 665 g/mol. The van der Waals surface area contributed by atoms with Crippen molar-refractivity contribution in [3.05, 3.63) is 99.9 Å². The van der Waals surface area contributed by atoms with E-state index < -0.39 is 34.5 Å². The standard InChI is InChI=1S/C31H31ClF3N3O6S/c1-4-42-29(39)19-38(45(40,41)37-27-13-12-25(32)16-20(27)2)18-22-6-5-7-26(17-22)43-15-14-28-21(3)44-30(36-28)23-8-10-24(11-9-23)31(33,34)35/h5-13,16-17,37H,4,14-15,18-19H2,1-3H3. The number of anilines is 1. The average molecular weight is 666 g/mol. The minimum Gasteiger partial charge on any atom is -0.493 e. The van der Waals surface area contributed by atoms with Crippen LogP contribution in [0.25, 0.3) is 11.5 Å². The molecule has 14 heteroatoms. The summed E-state index contributed by atoms with van der Waals surface area (Å²) in [5, 5.41) is 0.453. The number of alkyl halides is 3. The number of carbonyl (C=O) groups excluding carboxylic acids is 1. The molecule has 0 fully saturated rings. The number of nitrogens with one attached hydrogen (secondary N) is 1. The second kappa shape index (κ2) is 14.4. The zero-order valence-corrected chi connectivity index (χ0v) is 26.2. The van der Waals surface area contributed by atoms with Crippen molar-refractivity contribution in [2.45, 2.75) is 39.9 Å². The van der Waals surface area contributed by atoms with Gasteiger partial charge >= 0.3 is 22.4 Å². The van der Waals surface area contributed by atoms with Crippen LogP contribution in [0.4, 0.5) is 18.9 Å². The lowest BCUT2D eigenvalue weighted by atomic mass is 10.1. The van der Waals surface area contributed by atoms with Crippen molar-refractivity contribution in [1.29, 1.82) is 0 Å². The Balaban J connectivity index is 1.43. The van der Waals surface area contributed by atoms with Crippen LogP contribution < -0.4 is 9.46 Å². The summed E-state index contributed by atoms with van der Waals surface area (Å²) in [7, 11) is -4.20. The van der Waals surface area contributed by atoms with E-state index in [9.17, 15) is 26.4 Å². The molecule has 1 aromatic heterocycles. The number of oxazole rings is 1. The van der Waals surface area contributed by atoms with Gasteiger partial charge in [0.25, 0.3) is 0 Å². The molecule has 0 unspecified atom stereocenters. The van der Waals surface area contributed by atoms with Gasteiger partial charge in [-0.3, -0.25) is 9.52 Å². The highest BCUT2D eigenvalue weighted by Gasteiger charge is 2.30. The van der Waals surface area contributed by atoms with Crippen LogP contribution in [0.1, 0.15) is 35.1 Å². The number of rotatable bonds is 13. The van der Waals surface area contributed by atoms with E-state index in [0.29, 0.717) is 51.0 Å². The molecule has 0 amide bonds. The predicted octanol–water partition coefficient (Wildman–Crippen LogP) is 6.97. The molecule has 0 bridgehead atoms. The molecule has 1 N–H and O–H groups in total. The molecule has 0 aliphatic rings. The Hall–Kier alpha value is -4.07. The van der Waals surface area contributed by atoms with Crippen molar-refractivity contribution >= 4 is 33.5 Å². The van der Waals surface area contributed by atoms with Gasteiger partial charge < -0.3 is 13.9 Å². The number of nitrogens with zero attached hydrogens (tertiary/aromatic N) is 2. The summed E-state index contributed by atoms with van der Waals surface area (Å²) in [6.45, 7) is 4.64. The second-order valence-electron chi connectivity index (χ2n) is 9.98. The maximum Gasteiger partial charge on any atom is 0.416 e. The van der Waals surface area contributed by atoms with Crippen LogP contribution in [0.5, 0.6) is 5.75 Å². The molecule has 0 saturated carbocycles. The van der Waals surface area contributed by atoms with E-state index in [1.807, 2.05) is 0 Å². The molecule has 0 aliphatic carbocycles. The Bertz CT molecular complexity index is 1740. The number of halogens is 4. The van der Waals surface area contributed by atoms with Crippen LogP contribution in [-0.2, 0) is 38.9 Å². The van der Waals surface area contributed by atoms with E-state index >= 15 is 0 Å². The third-order valence-corrected chi connectivity index (χ3v) is 8.25. The number of ether oxygens (including phenoxy) is 2. The first-order valence-electron chi connectivity index (χ1n) is 13.8. The third kappa shape index (κ3) is 9.22. The lowest BCUT2D eigenvalue weighted by Gasteiger charge is -2.23. The molecule has 45 heavy (non-hydrogen) atoms. The second-order valence-corrected chi connectivity index (χ2v) is 12.1. The highest BCUT2D eigenvalue weighted by atomic mass is 35.5. The lowest BCUT2D eigenvalue weighted by molar-refractivity contribution is -0.143. The van der Waals surface area contributed by atoms with E-state index in [1.54, 1.807) is 57.2 Å². The lowest BCUT2D eigenvalue weighted by Crippen LogP contribution is -2.39. The van der Waals surface area contributed by atoms with Gasteiger partial charge in [0.15, 0.2) is 0 Å². The first-order valence-corrected chi connectivity index (χ1v) is 15.6. The van der Waals surface area contributed by atoms with Crippen molar-refractivity contribution in [2.75, 3.05) is 24.5 Å². The molecule has 4 rings (SSSR count). The summed E-state index contributed by atoms with van der Waals surface area (Å²) in [5.74, 6) is 0.447. The Morgan fingerprint density at radius 3 is 2.47 bits per heavy atom. The van der Waals surface area contributed by atoms with E-state index in [2.05, 4.69) is 9.71 Å². The average Bonchev–Trinajstić information content (AvgIpc) is 3.34. The van der Waals surface area contributed by atoms with Gasteiger partial charge in [0.2, 0.25) is 5.89 Å². The zero-order valence-electron chi connectivity index (χ0n) is 24.7. The molecule has 0 radical (unpaired) electrons. The van der Waals surface area contributed by atoms with Gasteiger partial charge in [0.05, 0.1) is 30.2 Å². The molecular weight excluding hydrogens is 635 g/mol. The maximum atomic E-state index is 13.4. The first kappa shape index (κ1) is 33.8. The molecule has 0 aliphatic heterocycles. The van der Waals surface area contributed by atoms with Gasteiger partial charge in [-0.05, 0) is 86.5 Å². The van der Waals surface area contributed by atoms with Crippen molar-refractivity contribution in [1.82, 2.24) is 9.29 Å². The summed E-state index contributed by atoms with van der Waals surface area (Å²) < 4.78 is 85.4. The quantitative estimate of drug-likeness (QED) is 0.154. The predicted molar refractivity (Wildman–Crippen MR) is 163 cm³/mol. The molecule has 1 heterocycles. The smallest absolute Gasteiger partial charge is 0.416 e. The van der Waals surface area contributed by atoms with Crippen LogP contribution in [0.3, 0.4) is 0 Å². The van der Waals surface area contributed by atoms with E-state index in [0.717, 1.165) is 16.4 Å². The van der Waals surface area contributed by atoms with Crippen LogP contribution in [-0.4, -0.2) is 43.4 Å². The highest BCUT2D eigenvalue weighted by Crippen LogP contribution is 2.31. The Kier molecular flexibility index (Phi) is 10.8. The van der Waals surface area contributed by atoms with Gasteiger partial charge in [-0.2, -0.15) is 25.9 Å². The molecule has 0 spiro atoms. The number of hydrogen-bond acceptors (Lipinski definition) is 7. The van der Waals surface area contributed by atoms with E-state index in [4.69, 9.17) is 25.5 Å². The van der Waals surface area contributed by atoms with Crippen molar-refractivity contribution in [2.24, 2.45) is 0 Å². The largest absolute Gasteiger partial charge is 0.493 e. The maximum absolute atomic E-state index is 13.4. The SMILES string of the molecule is CCOC(=O)CN(Cc1cccc(OCCc2nc(-c3ccc(C(F)(F)F)cc3)oc2C)c1)S(=O)(=O)Nc1ccc(Cl)cc1C. The zero-order chi connectivity index (χ0) is 32.8. The van der Waals surface area contributed by atoms with Crippen LogP contribution in [0.15, 0.2) is 71.1 Å². The summed E-state index contributed by atoms with van der Waals surface area (Å²) in [4.78, 5) is 16.7. The molecule has 9 nitrogen and oxygen atoms in total. The molecule has 0 saturated heterocycles. The van der Waals surface area contributed by atoms with Crippen molar-refractivity contribution < 1.29 is 40.3 Å². The topological polar surface area (TPSA) is 111 Å². The summed E-state index contributed by atoms with van der Waals surface area (Å²) in [6.07, 6.45) is -4.10. The number of aromatic nitrogens is 1. The molecule has 4 aromatic rings. The van der Waals surface area contributed by atoms with Crippen LogP contribution >= 0.6 is 11.6 Å². The Labute approximate surface area is 264 Å². The molecular formula is C31H31ClF3N3O6S. The van der Waals surface area contributed by atoms with E-state index in [-0.39, 0.29) is 25.6 Å². The third-order valence-electron chi connectivity index (χ3n) is 6.59. The van der Waals surface area contributed by atoms with Gasteiger partial charge in [0, 0.05) is 23.6 Å². The first-order chi connectivity index (χ1) is 21.2. The molecule has 3 aromatic carbocycles. The number of carbonyl (C=O) groups is 1. The summed E-state index contributed by atoms with van der Waals surface area (Å²) in [5.41, 5.74) is 1.70. The van der Waals surface area contributed by atoms with Crippen molar-refractivity contribution in [3.63, 3.8) is 0 Å². The highest BCUT2D eigenvalue weighted by molar-refractivity contribution is 7.90. The van der Waals surface area contributed by atoms with E-state index in [1.165, 1.54) is 18.2 Å². The van der Waals surface area contributed by atoms with Crippen LogP contribution in [0.2, 0.25) is 5.02 Å². The van der Waals surface area contributed by atoms with Gasteiger partial charge in [-0.1, -0.05) is 23.7 Å². The number of aryl methyl sites for hydroxylation is 2. The number of esters is 1. The van der Waals surface area contributed by atoms with Gasteiger partial charge in [-0.25, -0.2) is 4.98 Å². The number of hydrogen-bond donors (Lipinski definition) is 1. The summed E-state index contributed by atoms with van der Waals surface area (Å²) in [6, 6.07) is 16.0.